The van der Waals surface area contributed by atoms with Crippen molar-refractivity contribution < 1.29 is 9.94 Å². The minimum atomic E-state index is -0.635. The normalized spacial score (nSPS) is 13.1. The Morgan fingerprint density at radius 1 is 1.69 bits per heavy atom. The van der Waals surface area contributed by atoms with Crippen LogP contribution in [-0.2, 0) is 11.3 Å². The summed E-state index contributed by atoms with van der Waals surface area (Å²) in [5.74, 6) is 0. The van der Waals surface area contributed by atoms with Crippen LogP contribution < -0.4 is 0 Å². The molecule has 0 aliphatic heterocycles. The van der Waals surface area contributed by atoms with Gasteiger partial charge in [-0.25, -0.2) is 4.98 Å². The van der Waals surface area contributed by atoms with Gasteiger partial charge in [-0.1, -0.05) is 11.6 Å². The molecule has 1 N–H and O–H groups in total. The molecule has 1 aromatic rings. The number of hydrogen-bond donors (Lipinski definition) is 1. The molecule has 6 heteroatoms. The lowest BCUT2D eigenvalue weighted by atomic mass is 10.1. The van der Waals surface area contributed by atoms with Crippen molar-refractivity contribution >= 4 is 27.5 Å². The molecule has 0 radical (unpaired) electrons. The van der Waals surface area contributed by atoms with Crippen LogP contribution in [0.25, 0.3) is 0 Å². The number of hydrogen-bond acceptors (Lipinski definition) is 4. The van der Waals surface area contributed by atoms with Crippen molar-refractivity contribution in [1.29, 1.82) is 0 Å². The maximum atomic E-state index is 9.68. The number of halogens is 2. The van der Waals surface area contributed by atoms with Gasteiger partial charge in [-0.3, -0.25) is 0 Å². The van der Waals surface area contributed by atoms with E-state index in [0.717, 1.165) is 10.0 Å². The summed E-state index contributed by atoms with van der Waals surface area (Å²) in [5, 5.41) is 11.5. The number of aromatic nitrogens is 1. The second-order valence-corrected chi connectivity index (χ2v) is 4.59. The first-order valence-electron chi connectivity index (χ1n) is 4.79. The first-order valence-corrected chi connectivity index (χ1v) is 5.96. The van der Waals surface area contributed by atoms with E-state index in [9.17, 15) is 5.11 Å². The van der Waals surface area contributed by atoms with Crippen LogP contribution >= 0.6 is 27.5 Å². The van der Waals surface area contributed by atoms with E-state index >= 15 is 0 Å². The third kappa shape index (κ3) is 3.99. The van der Waals surface area contributed by atoms with Crippen molar-refractivity contribution in [2.75, 3.05) is 14.2 Å². The highest BCUT2D eigenvalue weighted by molar-refractivity contribution is 9.10. The van der Waals surface area contributed by atoms with E-state index in [0.29, 0.717) is 18.0 Å². The molecular weight excluding hydrogens is 295 g/mol. The summed E-state index contributed by atoms with van der Waals surface area (Å²) in [6, 6.07) is 1.78. The molecule has 1 atom stereocenters. The lowest BCUT2D eigenvalue weighted by Gasteiger charge is -2.20. The van der Waals surface area contributed by atoms with E-state index < -0.39 is 6.23 Å². The Morgan fingerprint density at radius 2 is 2.38 bits per heavy atom. The number of hydroxylamine groups is 2. The lowest BCUT2D eigenvalue weighted by molar-refractivity contribution is -0.204. The fraction of sp³-hybridized carbons (Fsp3) is 0.500. The van der Waals surface area contributed by atoms with Crippen molar-refractivity contribution in [2.24, 2.45) is 0 Å². The third-order valence-corrected chi connectivity index (χ3v) is 3.20. The average Bonchev–Trinajstić information content (AvgIpc) is 2.28. The fourth-order valence-electron chi connectivity index (χ4n) is 1.23. The Labute approximate surface area is 108 Å². The molecule has 0 amide bonds. The summed E-state index contributed by atoms with van der Waals surface area (Å²) < 4.78 is 0.893. The van der Waals surface area contributed by atoms with Gasteiger partial charge in [-0.05, 0) is 40.4 Å². The van der Waals surface area contributed by atoms with Gasteiger partial charge in [0, 0.05) is 17.7 Å². The first-order chi connectivity index (χ1) is 7.54. The molecule has 16 heavy (non-hydrogen) atoms. The number of aliphatic hydroxyl groups is 1. The van der Waals surface area contributed by atoms with Crippen LogP contribution in [0.1, 0.15) is 12.0 Å². The molecule has 1 aromatic heterocycles. The van der Waals surface area contributed by atoms with Gasteiger partial charge in [-0.15, -0.1) is 0 Å². The van der Waals surface area contributed by atoms with E-state index in [2.05, 4.69) is 20.9 Å². The third-order valence-electron chi connectivity index (χ3n) is 2.28. The highest BCUT2D eigenvalue weighted by Crippen LogP contribution is 2.20. The predicted molar refractivity (Wildman–Crippen MR) is 66.0 cm³/mol. The van der Waals surface area contributed by atoms with Crippen LogP contribution in [0, 0.1) is 0 Å². The van der Waals surface area contributed by atoms with Crippen molar-refractivity contribution in [3.05, 3.63) is 27.5 Å². The van der Waals surface area contributed by atoms with Crippen molar-refractivity contribution in [3.8, 4) is 0 Å². The highest BCUT2D eigenvalue weighted by Gasteiger charge is 2.11. The second kappa shape index (κ2) is 6.51. The summed E-state index contributed by atoms with van der Waals surface area (Å²) in [4.78, 5) is 8.83. The van der Waals surface area contributed by atoms with Crippen LogP contribution in [0.5, 0.6) is 0 Å². The zero-order chi connectivity index (χ0) is 12.1. The fourth-order valence-corrected chi connectivity index (χ4v) is 1.83. The highest BCUT2D eigenvalue weighted by atomic mass is 79.9. The molecule has 0 aliphatic carbocycles. The van der Waals surface area contributed by atoms with E-state index in [1.807, 2.05) is 0 Å². The van der Waals surface area contributed by atoms with Crippen molar-refractivity contribution in [3.63, 3.8) is 0 Å². The van der Waals surface area contributed by atoms with Gasteiger partial charge >= 0.3 is 0 Å². The Kier molecular flexibility index (Phi) is 5.64. The summed E-state index contributed by atoms with van der Waals surface area (Å²) in [7, 11) is 3.20. The summed E-state index contributed by atoms with van der Waals surface area (Å²) >= 11 is 9.18. The Morgan fingerprint density at radius 3 is 3.00 bits per heavy atom. The molecule has 0 bridgehead atoms. The van der Waals surface area contributed by atoms with Crippen LogP contribution in [0.3, 0.4) is 0 Å². The van der Waals surface area contributed by atoms with Crippen LogP contribution in [0.15, 0.2) is 16.7 Å². The molecule has 0 saturated carbocycles. The van der Waals surface area contributed by atoms with Gasteiger partial charge in [-0.2, -0.15) is 5.06 Å². The van der Waals surface area contributed by atoms with E-state index in [-0.39, 0.29) is 0 Å². The Balaban J connectivity index is 2.57. The summed E-state index contributed by atoms with van der Waals surface area (Å²) in [6.07, 6.45) is 2.27. The van der Waals surface area contributed by atoms with Crippen molar-refractivity contribution in [2.45, 2.75) is 19.1 Å². The first kappa shape index (κ1) is 13.9. The number of aliphatic hydroxyl groups excluding tert-OH is 1. The molecule has 1 unspecified atom stereocenters. The van der Waals surface area contributed by atoms with Gasteiger partial charge < -0.3 is 9.94 Å². The molecule has 1 rings (SSSR count). The van der Waals surface area contributed by atoms with Gasteiger partial charge in [0.2, 0.25) is 0 Å². The van der Waals surface area contributed by atoms with E-state index in [1.165, 1.54) is 12.2 Å². The lowest BCUT2D eigenvalue weighted by Crippen LogP contribution is -2.30. The molecule has 0 aliphatic rings. The largest absolute Gasteiger partial charge is 0.376 e. The number of rotatable bonds is 5. The summed E-state index contributed by atoms with van der Waals surface area (Å²) in [5.41, 5.74) is 1.02. The average molecular weight is 310 g/mol. The maximum absolute atomic E-state index is 9.68. The van der Waals surface area contributed by atoms with Crippen LogP contribution in [0.2, 0.25) is 5.15 Å². The second-order valence-electron chi connectivity index (χ2n) is 3.35. The molecule has 1 heterocycles. The minimum Gasteiger partial charge on any atom is -0.376 e. The van der Waals surface area contributed by atoms with Gasteiger partial charge in [0.25, 0.3) is 0 Å². The molecule has 4 nitrogen and oxygen atoms in total. The van der Waals surface area contributed by atoms with Gasteiger partial charge in [0.1, 0.15) is 11.4 Å². The van der Waals surface area contributed by atoms with Gasteiger partial charge in [0.05, 0.1) is 7.11 Å². The molecule has 90 valence electrons. The quantitative estimate of drug-likeness (QED) is 0.515. The van der Waals surface area contributed by atoms with Gasteiger partial charge in [0.15, 0.2) is 0 Å². The Bertz CT molecular complexity index is 352. The molecule has 0 fully saturated rings. The SMILES string of the molecule is CON(C)C(O)CCc1cc(Cl)ncc1Br. The van der Waals surface area contributed by atoms with Crippen LogP contribution in [0.4, 0.5) is 0 Å². The number of aryl methyl sites for hydroxylation is 1. The standard InChI is InChI=1S/C10H14BrClN2O2/c1-14(16-2)10(15)4-3-7-5-9(12)13-6-8(7)11/h5-6,10,15H,3-4H2,1-2H3. The smallest absolute Gasteiger partial charge is 0.129 e. The maximum Gasteiger partial charge on any atom is 0.129 e. The molecule has 0 saturated heterocycles. The number of nitrogens with zero attached hydrogens (tertiary/aromatic N) is 2. The minimum absolute atomic E-state index is 0.452. The number of pyridine rings is 1. The zero-order valence-electron chi connectivity index (χ0n) is 9.15. The van der Waals surface area contributed by atoms with Crippen molar-refractivity contribution in [1.82, 2.24) is 10.0 Å². The zero-order valence-corrected chi connectivity index (χ0v) is 11.5. The molecule has 0 aromatic carbocycles. The van der Waals surface area contributed by atoms with Crippen LogP contribution in [-0.4, -0.2) is 35.5 Å². The topological polar surface area (TPSA) is 45.6 Å². The van der Waals surface area contributed by atoms with E-state index in [1.54, 1.807) is 19.3 Å². The monoisotopic (exact) mass is 308 g/mol. The molecule has 0 spiro atoms. The molecular formula is C10H14BrClN2O2. The van der Waals surface area contributed by atoms with E-state index in [4.69, 9.17) is 16.4 Å². The summed E-state index contributed by atoms with van der Waals surface area (Å²) in [6.45, 7) is 0. The predicted octanol–water partition coefficient (Wildman–Crippen LogP) is 2.24. The Hall–Kier alpha value is -0.200.